The van der Waals surface area contributed by atoms with Gasteiger partial charge in [-0.3, -0.25) is 0 Å². The molecule has 0 amide bonds. The highest BCUT2D eigenvalue weighted by atomic mass is 19.4. The monoisotopic (exact) mass is 251 g/mol. The molecule has 2 unspecified atom stereocenters. The Morgan fingerprint density at radius 3 is 1.75 bits per heavy atom. The highest BCUT2D eigenvalue weighted by Gasteiger charge is 2.87. The summed E-state index contributed by atoms with van der Waals surface area (Å²) in [7, 11) is 2.23. The highest BCUT2D eigenvalue weighted by Crippen LogP contribution is 2.58. The Bertz CT molecular complexity index is 246. The van der Waals surface area contributed by atoms with Crippen molar-refractivity contribution in [1.82, 2.24) is 15.3 Å². The van der Waals surface area contributed by atoms with Gasteiger partial charge < -0.3 is 5.32 Å². The molecule has 0 aromatic heterocycles. The van der Waals surface area contributed by atoms with Crippen molar-refractivity contribution in [3.8, 4) is 0 Å². The molecular weight excluding hydrogens is 240 g/mol. The molecule has 0 radical (unpaired) electrons. The molecule has 1 saturated heterocycles. The number of hydrazine groups is 1. The van der Waals surface area contributed by atoms with Crippen LogP contribution in [0.15, 0.2) is 0 Å². The van der Waals surface area contributed by atoms with E-state index in [0.29, 0.717) is 0 Å². The van der Waals surface area contributed by atoms with Crippen LogP contribution >= 0.6 is 0 Å². The number of hydrogen-bond donors (Lipinski definition) is 1. The van der Waals surface area contributed by atoms with Gasteiger partial charge in [0.15, 0.2) is 0 Å². The topological polar surface area (TPSA) is 18.0 Å². The summed E-state index contributed by atoms with van der Waals surface area (Å²) in [6, 6.07) is 0. The lowest BCUT2D eigenvalue weighted by Gasteiger charge is -2.21. The molecule has 9 heteroatoms. The fraction of sp³-hybridized carbons (Fsp3) is 1.00. The predicted molar refractivity (Wildman–Crippen MR) is 43.2 cm³/mol. The van der Waals surface area contributed by atoms with Crippen LogP contribution in [0.3, 0.4) is 0 Å². The van der Waals surface area contributed by atoms with E-state index in [4.69, 9.17) is 0 Å². The van der Waals surface area contributed by atoms with Gasteiger partial charge in [0, 0.05) is 20.1 Å². The third kappa shape index (κ3) is 1.66. The lowest BCUT2D eigenvalue weighted by atomic mass is 10.2. The molecule has 0 spiro atoms. The van der Waals surface area contributed by atoms with Crippen molar-refractivity contribution in [1.29, 1.82) is 0 Å². The van der Waals surface area contributed by atoms with Crippen LogP contribution in [0.4, 0.5) is 26.3 Å². The normalized spacial score (nSPS) is 29.2. The summed E-state index contributed by atoms with van der Waals surface area (Å²) in [5.74, 6) is 0. The summed E-state index contributed by atoms with van der Waals surface area (Å²) in [5.41, 5.74) is -3.82. The second-order valence-electron chi connectivity index (χ2n) is 3.42. The summed E-state index contributed by atoms with van der Waals surface area (Å²) < 4.78 is 75.0. The first kappa shape index (κ1) is 13.5. The minimum atomic E-state index is -5.37. The molecule has 16 heavy (non-hydrogen) atoms. The van der Waals surface area contributed by atoms with Crippen molar-refractivity contribution in [3.05, 3.63) is 0 Å². The second-order valence-corrected chi connectivity index (χ2v) is 3.42. The van der Waals surface area contributed by atoms with E-state index in [2.05, 4.69) is 5.32 Å². The molecule has 1 aliphatic heterocycles. The summed E-state index contributed by atoms with van der Waals surface area (Å²) in [4.78, 5) is 0. The zero-order chi connectivity index (χ0) is 12.8. The van der Waals surface area contributed by atoms with Gasteiger partial charge in [0.2, 0.25) is 0 Å². The minimum Gasteiger partial charge on any atom is -0.318 e. The van der Waals surface area contributed by atoms with Gasteiger partial charge >= 0.3 is 12.4 Å². The van der Waals surface area contributed by atoms with Crippen molar-refractivity contribution >= 4 is 0 Å². The number of nitrogens with zero attached hydrogens (tertiary/aromatic N) is 2. The second kappa shape index (κ2) is 3.74. The fourth-order valence-corrected chi connectivity index (χ4v) is 1.72. The zero-order valence-corrected chi connectivity index (χ0v) is 8.58. The standard InChI is InChI=1S/C7H11F6N3/c1-14-3-4-16-5(15(16)2,6(8,9)10)7(11,12)13/h14H,3-4H2,1-2H3. The molecule has 0 saturated carbocycles. The molecular formula is C7H11F6N3. The first-order valence-electron chi connectivity index (χ1n) is 4.40. The van der Waals surface area contributed by atoms with E-state index in [-0.39, 0.29) is 23.1 Å². The molecule has 96 valence electrons. The molecule has 0 aliphatic carbocycles. The van der Waals surface area contributed by atoms with E-state index >= 15 is 0 Å². The van der Waals surface area contributed by atoms with Crippen LogP contribution in [-0.2, 0) is 0 Å². The summed E-state index contributed by atoms with van der Waals surface area (Å²) in [6.45, 7) is -0.315. The molecule has 2 atom stereocenters. The van der Waals surface area contributed by atoms with Crippen molar-refractivity contribution in [2.24, 2.45) is 0 Å². The Balaban J connectivity index is 2.94. The smallest absolute Gasteiger partial charge is 0.318 e. The lowest BCUT2D eigenvalue weighted by Crippen LogP contribution is -2.51. The van der Waals surface area contributed by atoms with E-state index in [1.165, 1.54) is 7.05 Å². The Morgan fingerprint density at radius 1 is 1.06 bits per heavy atom. The molecule has 0 bridgehead atoms. The van der Waals surface area contributed by atoms with Crippen LogP contribution < -0.4 is 5.32 Å². The molecule has 1 aliphatic rings. The van der Waals surface area contributed by atoms with Crippen molar-refractivity contribution in [2.45, 2.75) is 18.0 Å². The van der Waals surface area contributed by atoms with Crippen molar-refractivity contribution < 1.29 is 26.3 Å². The number of hydrogen-bond acceptors (Lipinski definition) is 3. The zero-order valence-electron chi connectivity index (χ0n) is 8.58. The molecule has 1 heterocycles. The molecule has 0 aromatic rings. The Morgan fingerprint density at radius 2 is 1.50 bits per heavy atom. The van der Waals surface area contributed by atoms with Gasteiger partial charge in [-0.05, 0) is 7.05 Å². The van der Waals surface area contributed by atoms with Crippen LogP contribution in [0.1, 0.15) is 0 Å². The molecule has 1 fully saturated rings. The van der Waals surface area contributed by atoms with Crippen LogP contribution in [0.2, 0.25) is 0 Å². The third-order valence-corrected chi connectivity index (χ3v) is 2.53. The van der Waals surface area contributed by atoms with E-state index in [0.717, 1.165) is 7.05 Å². The number of rotatable bonds is 3. The molecule has 1 rings (SSSR count). The van der Waals surface area contributed by atoms with Crippen LogP contribution in [0.25, 0.3) is 0 Å². The largest absolute Gasteiger partial charge is 0.432 e. The number of halogens is 6. The predicted octanol–water partition coefficient (Wildman–Crippen LogP) is 1.19. The van der Waals surface area contributed by atoms with Crippen LogP contribution in [0.5, 0.6) is 0 Å². The highest BCUT2D eigenvalue weighted by molar-refractivity contribution is 5.10. The van der Waals surface area contributed by atoms with E-state index in [1.54, 1.807) is 0 Å². The summed E-state index contributed by atoms with van der Waals surface area (Å²) in [6.07, 6.45) is -10.7. The maximum absolute atomic E-state index is 12.5. The Hall–Kier alpha value is -0.540. The molecule has 3 nitrogen and oxygen atoms in total. The molecule has 1 N–H and O–H groups in total. The van der Waals surface area contributed by atoms with Gasteiger partial charge in [-0.1, -0.05) is 0 Å². The van der Waals surface area contributed by atoms with E-state index < -0.39 is 18.0 Å². The number of nitrogens with one attached hydrogen (secondary N) is 1. The SMILES string of the molecule is CNCCN1N(C)C1(C(F)(F)F)C(F)(F)F. The van der Waals surface area contributed by atoms with E-state index in [1.807, 2.05) is 0 Å². The molecule has 0 aromatic carbocycles. The average Bonchev–Trinajstić information content (AvgIpc) is 2.66. The van der Waals surface area contributed by atoms with Gasteiger partial charge in [-0.2, -0.15) is 26.3 Å². The third-order valence-electron chi connectivity index (χ3n) is 2.53. The fourth-order valence-electron chi connectivity index (χ4n) is 1.72. The Labute approximate surface area is 88.0 Å². The van der Waals surface area contributed by atoms with Gasteiger partial charge in [-0.25, -0.2) is 10.0 Å². The quantitative estimate of drug-likeness (QED) is 0.600. The van der Waals surface area contributed by atoms with Crippen molar-refractivity contribution in [3.63, 3.8) is 0 Å². The van der Waals surface area contributed by atoms with Gasteiger partial charge in [-0.15, -0.1) is 0 Å². The number of alkyl halides is 6. The van der Waals surface area contributed by atoms with Crippen LogP contribution in [-0.4, -0.2) is 55.2 Å². The minimum absolute atomic E-state index is 0.0399. The lowest BCUT2D eigenvalue weighted by molar-refractivity contribution is -0.286. The Kier molecular flexibility index (Phi) is 3.16. The number of likely N-dealkylation sites (N-methyl/N-ethyl adjacent to an activating group) is 1. The van der Waals surface area contributed by atoms with Gasteiger partial charge in [0.25, 0.3) is 5.66 Å². The van der Waals surface area contributed by atoms with Crippen LogP contribution in [0, 0.1) is 0 Å². The van der Waals surface area contributed by atoms with Crippen molar-refractivity contribution in [2.75, 3.05) is 27.2 Å². The average molecular weight is 251 g/mol. The van der Waals surface area contributed by atoms with Gasteiger partial charge in [0.05, 0.1) is 0 Å². The maximum Gasteiger partial charge on any atom is 0.432 e. The first-order valence-corrected chi connectivity index (χ1v) is 4.40. The maximum atomic E-state index is 12.5. The van der Waals surface area contributed by atoms with Gasteiger partial charge in [0.1, 0.15) is 0 Å². The summed E-state index contributed by atoms with van der Waals surface area (Å²) in [5, 5.41) is 2.92. The van der Waals surface area contributed by atoms with E-state index in [9.17, 15) is 26.3 Å². The summed E-state index contributed by atoms with van der Waals surface area (Å²) >= 11 is 0. The first-order chi connectivity index (χ1) is 7.10.